The molecule has 0 amide bonds. The third kappa shape index (κ3) is 6.12. The van der Waals surface area contributed by atoms with Crippen LogP contribution in [0.3, 0.4) is 0 Å². The lowest BCUT2D eigenvalue weighted by Crippen LogP contribution is -2.30. The first-order valence-electron chi connectivity index (χ1n) is 6.88. The van der Waals surface area contributed by atoms with E-state index in [1.807, 2.05) is 0 Å². The molecule has 1 saturated heterocycles. The van der Waals surface area contributed by atoms with Crippen LogP contribution in [0.25, 0.3) is 0 Å². The average Bonchev–Trinajstić information content (AvgIpc) is 2.77. The molecule has 0 radical (unpaired) electrons. The molecule has 1 aliphatic heterocycles. The van der Waals surface area contributed by atoms with Crippen LogP contribution in [0.5, 0.6) is 0 Å². The van der Waals surface area contributed by atoms with Gasteiger partial charge in [0.15, 0.2) is 0 Å². The molecule has 16 heavy (non-hydrogen) atoms. The molecule has 0 spiro atoms. The molecule has 1 rings (SSSR count). The zero-order valence-corrected chi connectivity index (χ0v) is 11.1. The van der Waals surface area contributed by atoms with Gasteiger partial charge in [0.2, 0.25) is 0 Å². The SMILES string of the molecule is C#N.CCCCCN1CCCC1CCCC. The van der Waals surface area contributed by atoms with Gasteiger partial charge in [0, 0.05) is 12.6 Å². The van der Waals surface area contributed by atoms with Gasteiger partial charge in [-0.1, -0.05) is 39.5 Å². The molecular formula is C14H28N2. The minimum absolute atomic E-state index is 0.937. The van der Waals surface area contributed by atoms with Crippen LogP contribution in [-0.2, 0) is 0 Å². The highest BCUT2D eigenvalue weighted by Crippen LogP contribution is 2.22. The summed E-state index contributed by atoms with van der Waals surface area (Å²) in [6, 6.07) is 0.937. The third-order valence-electron chi connectivity index (χ3n) is 3.44. The lowest BCUT2D eigenvalue weighted by atomic mass is 10.1. The van der Waals surface area contributed by atoms with Crippen LogP contribution < -0.4 is 0 Å². The Labute approximate surface area is 102 Å². The van der Waals surface area contributed by atoms with Gasteiger partial charge in [-0.05, 0) is 38.8 Å². The van der Waals surface area contributed by atoms with E-state index >= 15 is 0 Å². The number of hydrogen-bond acceptors (Lipinski definition) is 2. The van der Waals surface area contributed by atoms with E-state index in [2.05, 4.69) is 25.3 Å². The Balaban J connectivity index is 0.00000106. The van der Waals surface area contributed by atoms with Crippen LogP contribution in [0.2, 0.25) is 0 Å². The van der Waals surface area contributed by atoms with E-state index in [0.29, 0.717) is 0 Å². The zero-order chi connectivity index (χ0) is 12.2. The molecule has 0 N–H and O–H groups in total. The van der Waals surface area contributed by atoms with Gasteiger partial charge in [-0.3, -0.25) is 0 Å². The molecule has 2 heteroatoms. The molecule has 0 saturated carbocycles. The van der Waals surface area contributed by atoms with Crippen molar-refractivity contribution < 1.29 is 0 Å². The highest BCUT2D eigenvalue weighted by molar-refractivity contribution is 4.78. The topological polar surface area (TPSA) is 27.0 Å². The molecule has 2 nitrogen and oxygen atoms in total. The summed E-state index contributed by atoms with van der Waals surface area (Å²) < 4.78 is 0. The predicted octanol–water partition coefficient (Wildman–Crippen LogP) is 3.97. The Morgan fingerprint density at radius 1 is 1.12 bits per heavy atom. The van der Waals surface area contributed by atoms with Gasteiger partial charge in [0.1, 0.15) is 0 Å². The van der Waals surface area contributed by atoms with Crippen molar-refractivity contribution in [3.8, 4) is 6.57 Å². The standard InChI is InChI=1S/C13H27N.CHN/c1-3-5-7-11-14-12-8-10-13(14)9-6-4-2;1-2/h13H,3-12H2,1-2H3;1H. The number of rotatable bonds is 7. The van der Waals surface area contributed by atoms with Gasteiger partial charge >= 0.3 is 0 Å². The van der Waals surface area contributed by atoms with E-state index in [1.165, 1.54) is 64.5 Å². The van der Waals surface area contributed by atoms with Crippen LogP contribution in [-0.4, -0.2) is 24.0 Å². The monoisotopic (exact) mass is 224 g/mol. The maximum Gasteiger partial charge on any atom is 0.0462 e. The van der Waals surface area contributed by atoms with E-state index in [4.69, 9.17) is 5.26 Å². The lowest BCUT2D eigenvalue weighted by Gasteiger charge is -2.24. The molecule has 1 atom stereocenters. The van der Waals surface area contributed by atoms with Crippen molar-refractivity contribution in [1.29, 1.82) is 5.26 Å². The average molecular weight is 224 g/mol. The molecule has 0 bridgehead atoms. The molecule has 94 valence electrons. The highest BCUT2D eigenvalue weighted by atomic mass is 15.2. The fraction of sp³-hybridized carbons (Fsp3) is 0.929. The minimum Gasteiger partial charge on any atom is -0.300 e. The summed E-state index contributed by atoms with van der Waals surface area (Å²) in [6.07, 6.45) is 11.3. The molecule has 0 aliphatic carbocycles. The molecule has 1 unspecified atom stereocenters. The second-order valence-electron chi connectivity index (χ2n) is 4.68. The van der Waals surface area contributed by atoms with Crippen LogP contribution in [0, 0.1) is 11.8 Å². The van der Waals surface area contributed by atoms with Crippen LogP contribution in [0.4, 0.5) is 0 Å². The van der Waals surface area contributed by atoms with E-state index < -0.39 is 0 Å². The summed E-state index contributed by atoms with van der Waals surface area (Å²) in [6.45, 7) is 10.8. The van der Waals surface area contributed by atoms with Gasteiger partial charge < -0.3 is 4.90 Å². The lowest BCUT2D eigenvalue weighted by molar-refractivity contribution is 0.235. The van der Waals surface area contributed by atoms with Crippen molar-refractivity contribution >= 4 is 0 Å². The fourth-order valence-corrected chi connectivity index (χ4v) is 2.52. The maximum absolute atomic E-state index is 6.50. The largest absolute Gasteiger partial charge is 0.300 e. The predicted molar refractivity (Wildman–Crippen MR) is 70.3 cm³/mol. The van der Waals surface area contributed by atoms with Crippen molar-refractivity contribution in [2.75, 3.05) is 13.1 Å². The summed E-state index contributed by atoms with van der Waals surface area (Å²) in [7, 11) is 0. The number of nitriles is 1. The number of likely N-dealkylation sites (tertiary alicyclic amines) is 1. The number of unbranched alkanes of at least 4 members (excludes halogenated alkanes) is 3. The van der Waals surface area contributed by atoms with Gasteiger partial charge in [-0.25, -0.2) is 5.26 Å². The Hall–Kier alpha value is -0.550. The van der Waals surface area contributed by atoms with E-state index in [0.717, 1.165) is 6.04 Å². The summed E-state index contributed by atoms with van der Waals surface area (Å²) >= 11 is 0. The van der Waals surface area contributed by atoms with Crippen LogP contribution in [0.1, 0.15) is 65.2 Å². The van der Waals surface area contributed by atoms with Gasteiger partial charge in [0.05, 0.1) is 0 Å². The first-order chi connectivity index (χ1) is 7.88. The van der Waals surface area contributed by atoms with Gasteiger partial charge in [0.25, 0.3) is 0 Å². The second-order valence-corrected chi connectivity index (χ2v) is 4.68. The molecule has 1 fully saturated rings. The Morgan fingerprint density at radius 3 is 2.44 bits per heavy atom. The fourth-order valence-electron chi connectivity index (χ4n) is 2.52. The Bertz CT molecular complexity index is 165. The molecule has 0 aromatic carbocycles. The molecule has 0 aromatic heterocycles. The van der Waals surface area contributed by atoms with Crippen LogP contribution in [0.15, 0.2) is 0 Å². The summed E-state index contributed by atoms with van der Waals surface area (Å²) in [4.78, 5) is 2.74. The summed E-state index contributed by atoms with van der Waals surface area (Å²) in [5, 5.41) is 6.50. The molecule has 0 aromatic rings. The normalized spacial score (nSPS) is 20.4. The van der Waals surface area contributed by atoms with Gasteiger partial charge in [-0.15, -0.1) is 0 Å². The third-order valence-corrected chi connectivity index (χ3v) is 3.44. The number of nitrogens with zero attached hydrogens (tertiary/aromatic N) is 2. The highest BCUT2D eigenvalue weighted by Gasteiger charge is 2.22. The van der Waals surface area contributed by atoms with Crippen molar-refractivity contribution in [3.05, 3.63) is 0 Å². The second kappa shape index (κ2) is 11.0. The van der Waals surface area contributed by atoms with Crippen LogP contribution >= 0.6 is 0 Å². The Morgan fingerprint density at radius 2 is 1.81 bits per heavy atom. The first kappa shape index (κ1) is 15.4. The molecule has 1 heterocycles. The maximum atomic E-state index is 6.50. The minimum atomic E-state index is 0.937. The molecule has 1 aliphatic rings. The van der Waals surface area contributed by atoms with E-state index in [1.54, 1.807) is 0 Å². The van der Waals surface area contributed by atoms with Crippen molar-refractivity contribution in [2.45, 2.75) is 71.3 Å². The first-order valence-corrected chi connectivity index (χ1v) is 6.88. The number of hydrogen-bond donors (Lipinski definition) is 0. The van der Waals surface area contributed by atoms with Gasteiger partial charge in [-0.2, -0.15) is 0 Å². The summed E-state index contributed by atoms with van der Waals surface area (Å²) in [5.41, 5.74) is 0. The Kier molecular flexibility index (Phi) is 10.6. The zero-order valence-electron chi connectivity index (χ0n) is 11.1. The van der Waals surface area contributed by atoms with E-state index in [-0.39, 0.29) is 0 Å². The van der Waals surface area contributed by atoms with Crippen molar-refractivity contribution in [2.24, 2.45) is 0 Å². The molecular weight excluding hydrogens is 196 g/mol. The summed E-state index contributed by atoms with van der Waals surface area (Å²) in [5.74, 6) is 0. The van der Waals surface area contributed by atoms with Crippen molar-refractivity contribution in [1.82, 2.24) is 4.90 Å². The smallest absolute Gasteiger partial charge is 0.0462 e. The van der Waals surface area contributed by atoms with E-state index in [9.17, 15) is 0 Å². The quantitative estimate of drug-likeness (QED) is 0.612. The van der Waals surface area contributed by atoms with Crippen molar-refractivity contribution in [3.63, 3.8) is 0 Å².